The second-order valence-corrected chi connectivity index (χ2v) is 3.59. The molecule has 0 aromatic heterocycles. The summed E-state index contributed by atoms with van der Waals surface area (Å²) in [5.74, 6) is -1.47. The Labute approximate surface area is 89.9 Å². The molecule has 0 atom stereocenters. The van der Waals surface area contributed by atoms with Crippen LogP contribution in [0, 0.1) is 12.7 Å². The van der Waals surface area contributed by atoms with Crippen LogP contribution in [0.2, 0.25) is 0 Å². The summed E-state index contributed by atoms with van der Waals surface area (Å²) in [6.45, 7) is 1.83. The number of carboxylic acids is 1. The topological polar surface area (TPSA) is 37.3 Å². The summed E-state index contributed by atoms with van der Waals surface area (Å²) >= 11 is 3.22. The Bertz CT molecular complexity index is 363. The molecule has 1 rings (SSSR count). The van der Waals surface area contributed by atoms with Crippen molar-refractivity contribution in [2.24, 2.45) is 0 Å². The standard InChI is InChI=1S/C10H10BrFO2/c1-6-2-3-9(12)7(4-10(13)14)8(6)5-11/h2-3H,4-5H2,1H3,(H,13,14). The van der Waals surface area contributed by atoms with Crippen LogP contribution in [0.4, 0.5) is 4.39 Å². The van der Waals surface area contributed by atoms with Crippen molar-refractivity contribution in [3.05, 3.63) is 34.6 Å². The molecule has 0 radical (unpaired) electrons. The number of carboxylic acid groups (broad SMARTS) is 1. The van der Waals surface area contributed by atoms with Gasteiger partial charge in [-0.3, -0.25) is 4.79 Å². The van der Waals surface area contributed by atoms with E-state index in [0.29, 0.717) is 5.33 Å². The predicted octanol–water partition coefficient (Wildman–Crippen LogP) is 2.66. The van der Waals surface area contributed by atoms with Crippen molar-refractivity contribution in [1.29, 1.82) is 0 Å². The van der Waals surface area contributed by atoms with Gasteiger partial charge in [-0.25, -0.2) is 4.39 Å². The van der Waals surface area contributed by atoms with Crippen LogP contribution in [-0.2, 0) is 16.5 Å². The molecule has 0 saturated carbocycles. The van der Waals surface area contributed by atoms with Crippen molar-refractivity contribution in [3.8, 4) is 0 Å². The van der Waals surface area contributed by atoms with E-state index in [0.717, 1.165) is 11.1 Å². The summed E-state index contributed by atoms with van der Waals surface area (Å²) in [4.78, 5) is 10.5. The van der Waals surface area contributed by atoms with Crippen LogP contribution in [0.25, 0.3) is 0 Å². The van der Waals surface area contributed by atoms with Crippen LogP contribution in [0.1, 0.15) is 16.7 Å². The van der Waals surface area contributed by atoms with E-state index >= 15 is 0 Å². The minimum atomic E-state index is -1.02. The highest BCUT2D eigenvalue weighted by Gasteiger charge is 2.13. The minimum absolute atomic E-state index is 0.269. The van der Waals surface area contributed by atoms with Gasteiger partial charge in [0.05, 0.1) is 6.42 Å². The SMILES string of the molecule is Cc1ccc(F)c(CC(=O)O)c1CBr. The quantitative estimate of drug-likeness (QED) is 0.849. The largest absolute Gasteiger partial charge is 0.481 e. The molecule has 0 aliphatic heterocycles. The zero-order valence-electron chi connectivity index (χ0n) is 7.68. The Hall–Kier alpha value is -0.900. The highest BCUT2D eigenvalue weighted by atomic mass is 79.9. The number of alkyl halides is 1. The van der Waals surface area contributed by atoms with Crippen LogP contribution in [-0.4, -0.2) is 11.1 Å². The van der Waals surface area contributed by atoms with Gasteiger partial charge in [0.1, 0.15) is 5.82 Å². The average molecular weight is 261 g/mol. The average Bonchev–Trinajstić information content (AvgIpc) is 2.11. The van der Waals surface area contributed by atoms with Gasteiger partial charge in [0.15, 0.2) is 0 Å². The Balaban J connectivity index is 3.22. The molecule has 14 heavy (non-hydrogen) atoms. The number of hydrogen-bond donors (Lipinski definition) is 1. The molecule has 0 unspecified atom stereocenters. The zero-order valence-corrected chi connectivity index (χ0v) is 9.27. The number of halogens is 2. The Morgan fingerprint density at radius 2 is 2.14 bits per heavy atom. The van der Waals surface area contributed by atoms with Crippen molar-refractivity contribution < 1.29 is 14.3 Å². The van der Waals surface area contributed by atoms with Gasteiger partial charge in [-0.1, -0.05) is 22.0 Å². The van der Waals surface area contributed by atoms with Crippen molar-refractivity contribution in [2.45, 2.75) is 18.7 Å². The molecule has 0 heterocycles. The normalized spacial score (nSPS) is 10.2. The van der Waals surface area contributed by atoms with Gasteiger partial charge in [0.25, 0.3) is 0 Å². The molecule has 0 bridgehead atoms. The number of aliphatic carboxylic acids is 1. The van der Waals surface area contributed by atoms with Gasteiger partial charge in [-0.2, -0.15) is 0 Å². The van der Waals surface area contributed by atoms with Gasteiger partial charge in [-0.15, -0.1) is 0 Å². The van der Waals surface area contributed by atoms with Crippen LogP contribution < -0.4 is 0 Å². The van der Waals surface area contributed by atoms with E-state index in [1.807, 2.05) is 6.92 Å². The Morgan fingerprint density at radius 1 is 1.50 bits per heavy atom. The summed E-state index contributed by atoms with van der Waals surface area (Å²) in [6.07, 6.45) is -0.269. The molecular formula is C10H10BrFO2. The van der Waals surface area contributed by atoms with E-state index in [1.54, 1.807) is 6.07 Å². The molecule has 0 fully saturated rings. The summed E-state index contributed by atoms with van der Waals surface area (Å²) in [6, 6.07) is 2.96. The fraction of sp³-hybridized carbons (Fsp3) is 0.300. The Morgan fingerprint density at radius 3 is 2.64 bits per heavy atom. The number of benzene rings is 1. The van der Waals surface area contributed by atoms with Crippen molar-refractivity contribution in [3.63, 3.8) is 0 Å². The van der Waals surface area contributed by atoms with E-state index in [-0.39, 0.29) is 12.0 Å². The maximum Gasteiger partial charge on any atom is 0.307 e. The third-order valence-corrected chi connectivity index (χ3v) is 2.63. The molecule has 76 valence electrons. The second-order valence-electron chi connectivity index (χ2n) is 3.03. The zero-order chi connectivity index (χ0) is 10.7. The van der Waals surface area contributed by atoms with Gasteiger partial charge >= 0.3 is 5.97 Å². The monoisotopic (exact) mass is 260 g/mol. The molecule has 0 saturated heterocycles. The lowest BCUT2D eigenvalue weighted by Gasteiger charge is -2.09. The van der Waals surface area contributed by atoms with Crippen LogP contribution in [0.5, 0.6) is 0 Å². The molecule has 4 heteroatoms. The van der Waals surface area contributed by atoms with E-state index in [2.05, 4.69) is 15.9 Å². The molecule has 0 amide bonds. The van der Waals surface area contributed by atoms with Gasteiger partial charge in [0, 0.05) is 10.9 Å². The van der Waals surface area contributed by atoms with E-state index in [1.165, 1.54) is 6.07 Å². The van der Waals surface area contributed by atoms with E-state index in [9.17, 15) is 9.18 Å². The highest BCUT2D eigenvalue weighted by molar-refractivity contribution is 9.08. The van der Waals surface area contributed by atoms with Crippen molar-refractivity contribution in [1.82, 2.24) is 0 Å². The lowest BCUT2D eigenvalue weighted by atomic mass is 10.0. The van der Waals surface area contributed by atoms with Crippen molar-refractivity contribution in [2.75, 3.05) is 0 Å². The molecule has 0 aliphatic rings. The first kappa shape index (κ1) is 11.2. The molecule has 1 aromatic carbocycles. The number of rotatable bonds is 3. The first-order chi connectivity index (χ1) is 6.56. The van der Waals surface area contributed by atoms with Gasteiger partial charge < -0.3 is 5.11 Å². The number of hydrogen-bond acceptors (Lipinski definition) is 1. The van der Waals surface area contributed by atoms with Gasteiger partial charge in [-0.05, 0) is 24.1 Å². The lowest BCUT2D eigenvalue weighted by Crippen LogP contribution is -2.06. The summed E-state index contributed by atoms with van der Waals surface area (Å²) < 4.78 is 13.3. The fourth-order valence-electron chi connectivity index (χ4n) is 1.31. The fourth-order valence-corrected chi connectivity index (χ4v) is 2.09. The van der Waals surface area contributed by atoms with Crippen LogP contribution in [0.3, 0.4) is 0 Å². The summed E-state index contributed by atoms with van der Waals surface area (Å²) in [5, 5.41) is 9.09. The molecule has 1 N–H and O–H groups in total. The molecule has 0 aliphatic carbocycles. The summed E-state index contributed by atoms with van der Waals surface area (Å²) in [5.41, 5.74) is 1.90. The van der Waals surface area contributed by atoms with E-state index in [4.69, 9.17) is 5.11 Å². The second kappa shape index (κ2) is 4.55. The predicted molar refractivity (Wildman–Crippen MR) is 55.1 cm³/mol. The Kier molecular flexibility index (Phi) is 3.63. The molecular weight excluding hydrogens is 251 g/mol. The number of carbonyl (C=O) groups is 1. The van der Waals surface area contributed by atoms with Gasteiger partial charge in [0.2, 0.25) is 0 Å². The van der Waals surface area contributed by atoms with Crippen LogP contribution >= 0.6 is 15.9 Å². The first-order valence-corrected chi connectivity index (χ1v) is 5.23. The molecule has 1 aromatic rings. The third-order valence-electron chi connectivity index (χ3n) is 2.07. The van der Waals surface area contributed by atoms with Crippen molar-refractivity contribution >= 4 is 21.9 Å². The smallest absolute Gasteiger partial charge is 0.307 e. The minimum Gasteiger partial charge on any atom is -0.481 e. The maximum absolute atomic E-state index is 13.3. The number of aryl methyl sites for hydroxylation is 1. The summed E-state index contributed by atoms with van der Waals surface area (Å²) in [7, 11) is 0. The van der Waals surface area contributed by atoms with E-state index < -0.39 is 11.8 Å². The first-order valence-electron chi connectivity index (χ1n) is 4.11. The maximum atomic E-state index is 13.3. The van der Waals surface area contributed by atoms with Crippen LogP contribution in [0.15, 0.2) is 12.1 Å². The lowest BCUT2D eigenvalue weighted by molar-refractivity contribution is -0.136. The molecule has 2 nitrogen and oxygen atoms in total. The highest BCUT2D eigenvalue weighted by Crippen LogP contribution is 2.21. The molecule has 0 spiro atoms. The third kappa shape index (κ3) is 2.32.